The number of hydrogen-bond acceptors (Lipinski definition) is 6. The zero-order chi connectivity index (χ0) is 20.2. The van der Waals surface area contributed by atoms with Crippen molar-refractivity contribution in [3.05, 3.63) is 23.8 Å². The quantitative estimate of drug-likeness (QED) is 0.550. The predicted molar refractivity (Wildman–Crippen MR) is 101 cm³/mol. The molecule has 0 aromatic heterocycles. The molecule has 0 radical (unpaired) electrons. The fraction of sp³-hybridized carbons (Fsp3) is 0.550. The van der Waals surface area contributed by atoms with Gasteiger partial charge in [-0.2, -0.15) is 0 Å². The molecule has 0 spiro atoms. The lowest BCUT2D eigenvalue weighted by molar-refractivity contribution is 0.0952. The maximum Gasteiger partial charge on any atom is 0.425 e. The summed E-state index contributed by atoms with van der Waals surface area (Å²) < 4.78 is 14.7. The summed E-state index contributed by atoms with van der Waals surface area (Å²) in [5.74, 6) is 1.58. The van der Waals surface area contributed by atoms with Crippen LogP contribution in [0.15, 0.2) is 18.2 Å². The number of rotatable bonds is 6. The van der Waals surface area contributed by atoms with Gasteiger partial charge in [0, 0.05) is 25.1 Å². The van der Waals surface area contributed by atoms with Crippen LogP contribution in [0.4, 0.5) is 4.79 Å². The first kappa shape index (κ1) is 22.3. The zero-order valence-corrected chi connectivity index (χ0v) is 16.5. The summed E-state index contributed by atoms with van der Waals surface area (Å²) in [7, 11) is 3.09. The van der Waals surface area contributed by atoms with Gasteiger partial charge < -0.3 is 19.1 Å². The first-order valence-electron chi connectivity index (χ1n) is 9.19. The second-order valence-electron chi connectivity index (χ2n) is 5.92. The molecular weight excluding hydrogens is 348 g/mol. The molecule has 27 heavy (non-hydrogen) atoms. The van der Waals surface area contributed by atoms with Crippen molar-refractivity contribution in [2.45, 2.75) is 39.5 Å². The average Bonchev–Trinajstić information content (AvgIpc) is 2.73. The monoisotopic (exact) mass is 376 g/mol. The normalized spacial score (nSPS) is 13.7. The van der Waals surface area contributed by atoms with Gasteiger partial charge in [0.15, 0.2) is 17.3 Å². The van der Waals surface area contributed by atoms with Gasteiger partial charge in [0.25, 0.3) is 6.26 Å². The second kappa shape index (κ2) is 11.8. The number of ether oxygens (including phenoxy) is 3. The molecule has 1 aliphatic heterocycles. The number of amides is 1. The number of piperidine rings is 1. The molecule has 1 amide bonds. The molecule has 0 N–H and O–H groups in total. The molecule has 0 atom stereocenters. The molecule has 1 fully saturated rings. The number of methoxy groups -OCH3 is 2. The molecule has 1 saturated heterocycles. The number of Topliss-reactive ketones (excluding diaryl/α,β-unsaturated/α-hetero) is 1. The Hall–Kier alpha value is -2.75. The molecule has 0 unspecified atom stereocenters. The number of ketones is 1. The van der Waals surface area contributed by atoms with Crippen molar-refractivity contribution in [2.24, 2.45) is 5.92 Å². The molecule has 2 rings (SSSR count). The Kier molecular flexibility index (Phi) is 9.73. The van der Waals surface area contributed by atoms with Crippen LogP contribution in [-0.2, 0) is 4.74 Å². The Morgan fingerprint density at radius 1 is 1.15 bits per heavy atom. The van der Waals surface area contributed by atoms with Crippen molar-refractivity contribution < 1.29 is 23.8 Å². The van der Waals surface area contributed by atoms with E-state index in [1.807, 2.05) is 13.8 Å². The lowest BCUT2D eigenvalue weighted by Crippen LogP contribution is -2.38. The fourth-order valence-corrected chi connectivity index (χ4v) is 3.00. The molecule has 1 heterocycles. The van der Waals surface area contributed by atoms with Crippen molar-refractivity contribution in [2.75, 3.05) is 27.3 Å². The van der Waals surface area contributed by atoms with Crippen LogP contribution in [0, 0.1) is 17.4 Å². The summed E-state index contributed by atoms with van der Waals surface area (Å²) in [5.41, 5.74) is 0.604. The van der Waals surface area contributed by atoms with Crippen molar-refractivity contribution in [3.63, 3.8) is 0 Å². The van der Waals surface area contributed by atoms with E-state index in [1.54, 1.807) is 25.3 Å². The zero-order valence-electron chi connectivity index (χ0n) is 16.5. The molecule has 0 saturated carbocycles. The maximum absolute atomic E-state index is 12.4. The Bertz CT molecular complexity index is 661. The molecule has 7 nitrogen and oxygen atoms in total. The molecule has 148 valence electrons. The van der Waals surface area contributed by atoms with E-state index in [0.717, 1.165) is 19.3 Å². The van der Waals surface area contributed by atoms with E-state index in [1.165, 1.54) is 18.3 Å². The van der Waals surface area contributed by atoms with Crippen molar-refractivity contribution in [3.8, 4) is 17.8 Å². The summed E-state index contributed by atoms with van der Waals surface area (Å²) in [6.07, 6.45) is 3.63. The SMILES string of the molecule is CC.COc1ccc(C(=O)CCC2CCN(C(=O)OC#N)CC2)cc1OC. The second-order valence-corrected chi connectivity index (χ2v) is 5.92. The number of hydrogen-bond donors (Lipinski definition) is 0. The molecular formula is C20H28N2O5. The number of nitrogens with zero attached hydrogens (tertiary/aromatic N) is 2. The Morgan fingerprint density at radius 3 is 2.33 bits per heavy atom. The Balaban J connectivity index is 0.00000176. The number of carbonyl (C=O) groups is 2. The van der Waals surface area contributed by atoms with Crippen molar-refractivity contribution >= 4 is 11.9 Å². The third-order valence-corrected chi connectivity index (χ3v) is 4.49. The summed E-state index contributed by atoms with van der Waals surface area (Å²) >= 11 is 0. The van der Waals surface area contributed by atoms with Gasteiger partial charge in [-0.05, 0) is 43.4 Å². The van der Waals surface area contributed by atoms with Gasteiger partial charge in [-0.1, -0.05) is 13.8 Å². The van der Waals surface area contributed by atoms with Crippen LogP contribution in [0.25, 0.3) is 0 Å². The summed E-state index contributed by atoms with van der Waals surface area (Å²) in [4.78, 5) is 25.4. The third kappa shape index (κ3) is 6.48. The van der Waals surface area contributed by atoms with Gasteiger partial charge in [0.2, 0.25) is 0 Å². The minimum absolute atomic E-state index is 0.0623. The van der Waals surface area contributed by atoms with Crippen LogP contribution in [0.1, 0.15) is 49.9 Å². The van der Waals surface area contributed by atoms with E-state index in [4.69, 9.17) is 14.7 Å². The summed E-state index contributed by atoms with van der Waals surface area (Å²) in [5, 5.41) is 8.37. The first-order chi connectivity index (χ1) is 13.1. The van der Waals surface area contributed by atoms with Gasteiger partial charge >= 0.3 is 6.09 Å². The van der Waals surface area contributed by atoms with Crippen LogP contribution in [0.5, 0.6) is 11.5 Å². The summed E-state index contributed by atoms with van der Waals surface area (Å²) in [6, 6.07) is 5.16. The number of likely N-dealkylation sites (tertiary alicyclic amines) is 1. The van der Waals surface area contributed by atoms with Crippen molar-refractivity contribution in [1.82, 2.24) is 4.90 Å². The van der Waals surface area contributed by atoms with Gasteiger partial charge in [-0.15, -0.1) is 5.26 Å². The van der Waals surface area contributed by atoms with Crippen LogP contribution in [0.2, 0.25) is 0 Å². The van der Waals surface area contributed by atoms with Crippen molar-refractivity contribution in [1.29, 1.82) is 5.26 Å². The standard InChI is InChI=1S/C18H22N2O5.C2H6/c1-23-16-6-4-14(11-17(16)24-2)15(21)5-3-13-7-9-20(10-8-13)18(22)25-12-19;1-2/h4,6,11,13H,3,5,7-10H2,1-2H3;1-2H3. The molecule has 1 aromatic carbocycles. The highest BCUT2D eigenvalue weighted by Gasteiger charge is 2.24. The van der Waals surface area contributed by atoms with Gasteiger partial charge in [-0.25, -0.2) is 4.79 Å². The molecule has 0 bridgehead atoms. The minimum atomic E-state index is -0.595. The maximum atomic E-state index is 12.4. The van der Waals surface area contributed by atoms with Gasteiger partial charge in [0.1, 0.15) is 0 Å². The average molecular weight is 376 g/mol. The lowest BCUT2D eigenvalue weighted by Gasteiger charge is -2.30. The Morgan fingerprint density at radius 2 is 1.78 bits per heavy atom. The highest BCUT2D eigenvalue weighted by atomic mass is 16.5. The van der Waals surface area contributed by atoms with Gasteiger partial charge in [0.05, 0.1) is 14.2 Å². The minimum Gasteiger partial charge on any atom is -0.493 e. The van der Waals surface area contributed by atoms with E-state index in [0.29, 0.717) is 42.5 Å². The Labute approximate surface area is 160 Å². The lowest BCUT2D eigenvalue weighted by atomic mass is 9.90. The van der Waals surface area contributed by atoms with Crippen LogP contribution in [0.3, 0.4) is 0 Å². The van der Waals surface area contributed by atoms with E-state index < -0.39 is 6.09 Å². The predicted octanol–water partition coefficient (Wildman–Crippen LogP) is 4.02. The first-order valence-corrected chi connectivity index (χ1v) is 9.19. The van der Waals surface area contributed by atoms with E-state index in [9.17, 15) is 9.59 Å². The molecule has 1 aromatic rings. The van der Waals surface area contributed by atoms with Crippen LogP contribution in [-0.4, -0.2) is 44.1 Å². The highest BCUT2D eigenvalue weighted by Crippen LogP contribution is 2.29. The van der Waals surface area contributed by atoms with E-state index in [2.05, 4.69) is 4.74 Å². The largest absolute Gasteiger partial charge is 0.493 e. The van der Waals surface area contributed by atoms with Crippen LogP contribution >= 0.6 is 0 Å². The molecule has 7 heteroatoms. The molecule has 1 aliphatic rings. The number of benzene rings is 1. The van der Waals surface area contributed by atoms with Crippen LogP contribution < -0.4 is 9.47 Å². The van der Waals surface area contributed by atoms with E-state index >= 15 is 0 Å². The van der Waals surface area contributed by atoms with Gasteiger partial charge in [-0.3, -0.25) is 4.79 Å². The van der Waals surface area contributed by atoms with E-state index in [-0.39, 0.29) is 5.78 Å². The third-order valence-electron chi connectivity index (χ3n) is 4.49. The smallest absolute Gasteiger partial charge is 0.425 e. The molecule has 0 aliphatic carbocycles. The number of carbonyl (C=O) groups excluding carboxylic acids is 2. The highest BCUT2D eigenvalue weighted by molar-refractivity contribution is 5.96. The topological polar surface area (TPSA) is 88.9 Å². The fourth-order valence-electron chi connectivity index (χ4n) is 3.00. The summed E-state index contributed by atoms with van der Waals surface area (Å²) in [6.45, 7) is 5.10. The number of nitriles is 1.